The lowest BCUT2D eigenvalue weighted by molar-refractivity contribution is -0.150. The van der Waals surface area contributed by atoms with E-state index in [1.165, 1.54) is 6.92 Å². The Labute approximate surface area is 327 Å². The van der Waals surface area contributed by atoms with E-state index in [0.717, 1.165) is 51.7 Å². The van der Waals surface area contributed by atoms with Crippen molar-refractivity contribution in [1.29, 1.82) is 0 Å². The molecule has 4 heterocycles. The van der Waals surface area contributed by atoms with E-state index in [4.69, 9.17) is 4.42 Å². The molecule has 1 aliphatic carbocycles. The number of hydrogen-bond acceptors (Lipinski definition) is 8. The molecule has 3 fully saturated rings. The molecule has 3 saturated heterocycles. The minimum Gasteiger partial charge on any atom is -0.456 e. The third-order valence-electron chi connectivity index (χ3n) is 11.6. The van der Waals surface area contributed by atoms with Gasteiger partial charge < -0.3 is 29.8 Å². The number of nitrogens with one attached hydrogen (secondary N) is 2. The number of nitrogens with zero attached hydrogens (tertiary/aromatic N) is 4. The fourth-order valence-electron chi connectivity index (χ4n) is 8.90. The van der Waals surface area contributed by atoms with Crippen molar-refractivity contribution in [3.63, 3.8) is 0 Å². The maximum atomic E-state index is 14.1. The van der Waals surface area contributed by atoms with Gasteiger partial charge >= 0.3 is 0 Å². The number of hydrogen-bond donors (Lipinski definition) is 2. The molecule has 294 valence electrons. The summed E-state index contributed by atoms with van der Waals surface area (Å²) in [4.78, 5) is 77.3. The van der Waals surface area contributed by atoms with Gasteiger partial charge in [0.05, 0.1) is 17.9 Å². The number of rotatable bonds is 10. The number of carbonyl (C=O) groups excluding carboxylic acids is 5. The van der Waals surface area contributed by atoms with Crippen LogP contribution in [-0.4, -0.2) is 102 Å². The molecule has 4 amide bonds. The van der Waals surface area contributed by atoms with Gasteiger partial charge in [0, 0.05) is 72.6 Å². The van der Waals surface area contributed by atoms with Gasteiger partial charge in [-0.25, -0.2) is 0 Å². The fourth-order valence-corrected chi connectivity index (χ4v) is 8.90. The van der Waals surface area contributed by atoms with Crippen molar-refractivity contribution in [1.82, 2.24) is 20.0 Å². The highest BCUT2D eigenvalue weighted by Crippen LogP contribution is 2.43. The molecule has 5 aliphatic rings. The third kappa shape index (κ3) is 7.29. The van der Waals surface area contributed by atoms with E-state index >= 15 is 0 Å². The second-order valence-electron chi connectivity index (χ2n) is 15.2. The van der Waals surface area contributed by atoms with Crippen molar-refractivity contribution >= 4 is 46.1 Å². The van der Waals surface area contributed by atoms with Gasteiger partial charge in [-0.3, -0.25) is 29.0 Å². The Bertz CT molecular complexity index is 2240. The molecule has 7 rings (SSSR count). The van der Waals surface area contributed by atoms with Crippen LogP contribution in [0.15, 0.2) is 57.9 Å². The average molecular weight is 761 g/mol. The van der Waals surface area contributed by atoms with Crippen LogP contribution in [0.1, 0.15) is 80.8 Å². The summed E-state index contributed by atoms with van der Waals surface area (Å²) in [6.45, 7) is 12.0. The van der Waals surface area contributed by atoms with Crippen molar-refractivity contribution in [2.75, 3.05) is 44.6 Å². The third-order valence-corrected chi connectivity index (χ3v) is 11.6. The molecule has 3 atom stereocenters. The van der Waals surface area contributed by atoms with Gasteiger partial charge in [0.25, 0.3) is 5.91 Å². The van der Waals surface area contributed by atoms with E-state index in [2.05, 4.69) is 27.8 Å². The Morgan fingerprint density at radius 3 is 2.11 bits per heavy atom. The van der Waals surface area contributed by atoms with E-state index in [9.17, 15) is 24.0 Å². The first-order valence-electron chi connectivity index (χ1n) is 20.1. The minimum atomic E-state index is -0.712. The van der Waals surface area contributed by atoms with E-state index in [1.807, 2.05) is 52.0 Å². The summed E-state index contributed by atoms with van der Waals surface area (Å²) < 4.78 is 6.54. The summed E-state index contributed by atoms with van der Waals surface area (Å²) in [6, 6.07) is 13.7. The number of benzene rings is 3. The van der Waals surface area contributed by atoms with Gasteiger partial charge in [0.2, 0.25) is 17.7 Å². The van der Waals surface area contributed by atoms with Crippen molar-refractivity contribution in [3.8, 4) is 22.5 Å². The maximum absolute atomic E-state index is 14.1. The van der Waals surface area contributed by atoms with Crippen molar-refractivity contribution in [3.05, 3.63) is 70.6 Å². The van der Waals surface area contributed by atoms with Crippen LogP contribution in [0.3, 0.4) is 0 Å². The molecule has 0 radical (unpaired) electrons. The van der Waals surface area contributed by atoms with Crippen molar-refractivity contribution in [2.24, 2.45) is 4.99 Å². The molecule has 2 aromatic rings. The first-order valence-corrected chi connectivity index (χ1v) is 20.1. The summed E-state index contributed by atoms with van der Waals surface area (Å²) in [7, 11) is 0. The molecule has 0 aromatic heterocycles. The lowest BCUT2D eigenvalue weighted by Crippen LogP contribution is -2.55. The highest BCUT2D eigenvalue weighted by atomic mass is 16.3. The predicted molar refractivity (Wildman–Crippen MR) is 215 cm³/mol. The summed E-state index contributed by atoms with van der Waals surface area (Å²) in [5.41, 5.74) is 6.43. The minimum absolute atomic E-state index is 0.0361. The lowest BCUT2D eigenvalue weighted by Gasteiger charge is -2.33. The van der Waals surface area contributed by atoms with E-state index < -0.39 is 24.0 Å². The summed E-state index contributed by atoms with van der Waals surface area (Å²) >= 11 is 0. The molecule has 2 N–H and O–H groups in total. The molecule has 56 heavy (non-hydrogen) atoms. The normalized spacial score (nSPS) is 20.0. The van der Waals surface area contributed by atoms with Crippen LogP contribution in [-0.2, 0) is 19.2 Å². The Kier molecular flexibility index (Phi) is 11.3. The molecular weight excluding hydrogens is 709 g/mol. The zero-order chi connectivity index (χ0) is 39.7. The highest BCUT2D eigenvalue weighted by Gasteiger charge is 2.45. The van der Waals surface area contributed by atoms with Crippen LogP contribution < -0.4 is 16.0 Å². The molecular formula is C44H52N6O6. The average Bonchev–Trinajstić information content (AvgIpc) is 3.99. The van der Waals surface area contributed by atoms with Crippen molar-refractivity contribution in [2.45, 2.75) is 91.3 Å². The summed E-state index contributed by atoms with van der Waals surface area (Å²) in [5, 5.41) is 7.98. The van der Waals surface area contributed by atoms with Crippen LogP contribution in [0.4, 0.5) is 5.69 Å². The molecule has 0 bridgehead atoms. The second kappa shape index (κ2) is 16.3. The molecule has 3 unspecified atom stereocenters. The van der Waals surface area contributed by atoms with Gasteiger partial charge in [0.15, 0.2) is 5.78 Å². The topological polar surface area (TPSA) is 145 Å². The van der Waals surface area contributed by atoms with Gasteiger partial charge in [-0.15, -0.1) is 0 Å². The largest absolute Gasteiger partial charge is 0.456 e. The summed E-state index contributed by atoms with van der Waals surface area (Å²) in [5.74, 6) is -0.576. The first-order chi connectivity index (χ1) is 27.0. The Balaban J connectivity index is 1.14. The monoisotopic (exact) mass is 760 g/mol. The van der Waals surface area contributed by atoms with Gasteiger partial charge in [0.1, 0.15) is 23.4 Å². The smallest absolute Gasteiger partial charge is 0.252 e. The van der Waals surface area contributed by atoms with Gasteiger partial charge in [-0.1, -0.05) is 18.2 Å². The molecule has 0 spiro atoms. The second-order valence-corrected chi connectivity index (χ2v) is 15.2. The number of Topliss-reactive ketones (excluding diaryl/α,β-unsaturated/α-hetero) is 1. The Morgan fingerprint density at radius 2 is 1.43 bits per heavy atom. The zero-order valence-electron chi connectivity index (χ0n) is 33.1. The number of amides is 4. The standard InChI is InChI=1S/C44H52N6O6/c1-6-45-33-23-38-31(21-26(33)3)41(32-22-27(4)34(46-7-2)24-39(32)56-38)29-13-8-9-14-30(29)42(53)47-25-40(52)48-18-11-16-36(48)43(54)50-20-12-17-37(50)44(55)49-19-10-15-35(49)28(5)51/h8-9,13-14,21-24,35-37,45H,6-7,10-12,15-20,25H2,1-5H3,(H,47,53). The van der Waals surface area contributed by atoms with E-state index in [0.29, 0.717) is 80.8 Å². The van der Waals surface area contributed by atoms with Gasteiger partial charge in [-0.2, -0.15) is 0 Å². The summed E-state index contributed by atoms with van der Waals surface area (Å²) in [6.07, 6.45) is 3.75. The number of anilines is 1. The number of likely N-dealkylation sites (tertiary alicyclic amines) is 3. The maximum Gasteiger partial charge on any atom is 0.252 e. The molecule has 12 heteroatoms. The number of fused-ring (bicyclic) bond motifs is 2. The number of ketones is 1. The molecule has 0 saturated carbocycles. The first kappa shape index (κ1) is 38.7. The van der Waals surface area contributed by atoms with Crippen LogP contribution in [0.25, 0.3) is 33.4 Å². The number of carbonyl (C=O) groups is 5. The lowest BCUT2D eigenvalue weighted by atomic mass is 9.89. The fraction of sp³-hybridized carbons (Fsp3) is 0.455. The van der Waals surface area contributed by atoms with Crippen LogP contribution in [0.2, 0.25) is 0 Å². The van der Waals surface area contributed by atoms with E-state index in [1.54, 1.807) is 26.8 Å². The predicted octanol–water partition coefficient (Wildman–Crippen LogP) is 5.47. The quantitative estimate of drug-likeness (QED) is 0.204. The van der Waals surface area contributed by atoms with Crippen LogP contribution >= 0.6 is 0 Å². The molecule has 12 nitrogen and oxygen atoms in total. The van der Waals surface area contributed by atoms with Crippen LogP contribution in [0, 0.1) is 13.8 Å². The Hall–Kier alpha value is -5.52. The zero-order valence-corrected chi connectivity index (χ0v) is 33.1. The highest BCUT2D eigenvalue weighted by molar-refractivity contribution is 6.10. The number of aryl methyl sites for hydroxylation is 2. The van der Waals surface area contributed by atoms with Gasteiger partial charge in [-0.05, 0) is 108 Å². The SMILES string of the molecule is CCN=c1cc2oc3cc(NCC)c(C)cc3c(-c3ccccc3C(=O)NCC(=O)N3CCCC3C(=O)N3CCCC3C(=O)N3CCCC3C(C)=O)c-2cc1C. The van der Waals surface area contributed by atoms with Crippen LogP contribution in [0.5, 0.6) is 0 Å². The molecule has 4 aliphatic heterocycles. The molecule has 2 aromatic carbocycles. The Morgan fingerprint density at radius 1 is 0.786 bits per heavy atom. The van der Waals surface area contributed by atoms with Crippen molar-refractivity contribution < 1.29 is 28.4 Å². The van der Waals surface area contributed by atoms with E-state index in [-0.39, 0.29) is 30.0 Å².